The Hall–Kier alpha value is -3.61. The van der Waals surface area contributed by atoms with Gasteiger partial charge in [0.2, 0.25) is 0 Å². The number of ether oxygens (including phenoxy) is 2. The maximum Gasteiger partial charge on any atom is 0.410 e. The third-order valence-corrected chi connectivity index (χ3v) is 8.89. The molecule has 0 radical (unpaired) electrons. The fourth-order valence-corrected chi connectivity index (χ4v) is 7.15. The first-order valence-electron chi connectivity index (χ1n) is 14.7. The Bertz CT molecular complexity index is 1080. The van der Waals surface area contributed by atoms with Crippen molar-refractivity contribution in [3.05, 3.63) is 71.8 Å². The predicted molar refractivity (Wildman–Crippen MR) is 157 cm³/mol. The van der Waals surface area contributed by atoms with Crippen molar-refractivity contribution < 1.29 is 29.3 Å². The van der Waals surface area contributed by atoms with Crippen LogP contribution in [-0.4, -0.2) is 69.6 Å². The molecule has 0 aromatic heterocycles. The Labute approximate surface area is 248 Å². The van der Waals surface area contributed by atoms with E-state index >= 15 is 0 Å². The number of nitriles is 1. The molecule has 2 heterocycles. The fourth-order valence-electron chi connectivity index (χ4n) is 7.15. The number of carbonyl (C=O) groups is 2. The summed E-state index contributed by atoms with van der Waals surface area (Å²) in [5, 5.41) is 26.6. The molecule has 0 spiro atoms. The average molecular weight is 578 g/mol. The summed E-state index contributed by atoms with van der Waals surface area (Å²) in [7, 11) is 0. The molecule has 42 heavy (non-hydrogen) atoms. The largest absolute Gasteiger partial charge is 0.445 e. The smallest absolute Gasteiger partial charge is 0.410 e. The number of hydrogen-bond acceptors (Lipinski definition) is 7. The van der Waals surface area contributed by atoms with Crippen molar-refractivity contribution in [3.63, 3.8) is 0 Å². The third-order valence-electron chi connectivity index (χ3n) is 8.89. The van der Waals surface area contributed by atoms with Crippen molar-refractivity contribution in [2.75, 3.05) is 26.2 Å². The van der Waals surface area contributed by atoms with Crippen LogP contribution in [0.15, 0.2) is 60.7 Å². The van der Waals surface area contributed by atoms with Gasteiger partial charge in [-0.3, -0.25) is 0 Å². The molecule has 4 unspecified atom stereocenters. The van der Waals surface area contributed by atoms with Gasteiger partial charge in [-0.05, 0) is 74.3 Å². The van der Waals surface area contributed by atoms with Crippen LogP contribution in [-0.2, 0) is 22.7 Å². The van der Waals surface area contributed by atoms with Crippen molar-refractivity contribution in [1.82, 2.24) is 9.80 Å². The van der Waals surface area contributed by atoms with Crippen LogP contribution >= 0.6 is 0 Å². The van der Waals surface area contributed by atoms with E-state index in [0.717, 1.165) is 36.8 Å². The van der Waals surface area contributed by atoms with Crippen LogP contribution in [0.4, 0.5) is 9.59 Å². The van der Waals surface area contributed by atoms with Gasteiger partial charge in [0.1, 0.15) is 13.2 Å². The van der Waals surface area contributed by atoms with Crippen LogP contribution in [0.1, 0.15) is 50.7 Å². The number of likely N-dealkylation sites (tertiary alicyclic amines) is 2. The lowest BCUT2D eigenvalue weighted by molar-refractivity contribution is 0.0508. The van der Waals surface area contributed by atoms with E-state index < -0.39 is 11.2 Å². The maximum absolute atomic E-state index is 12.1. The zero-order chi connectivity index (χ0) is 30.3. The number of rotatable bonds is 4. The monoisotopic (exact) mass is 577 g/mol. The molecule has 2 saturated carbocycles. The second-order valence-electron chi connectivity index (χ2n) is 12.7. The van der Waals surface area contributed by atoms with E-state index in [1.165, 1.54) is 0 Å². The van der Waals surface area contributed by atoms with Crippen molar-refractivity contribution in [2.24, 2.45) is 23.7 Å². The molecule has 226 valence electrons. The Morgan fingerprint density at radius 3 is 1.26 bits per heavy atom. The van der Waals surface area contributed by atoms with E-state index in [2.05, 4.69) is 6.57 Å². The Morgan fingerprint density at radius 1 is 0.690 bits per heavy atom. The first-order valence-corrected chi connectivity index (χ1v) is 14.7. The van der Waals surface area contributed by atoms with Crippen LogP contribution in [0.2, 0.25) is 0 Å². The standard InChI is InChI=1S/2C16H21NO3.CHN/c2*1-16(19)7-13-9-17(10-14(13)8-16)15(18)20-11-12-5-3-2-4-6-12;1-2/h2*2-6,13-14,19H,7-11H2,1H3;1H. The highest BCUT2D eigenvalue weighted by molar-refractivity contribution is 5.68. The van der Waals surface area contributed by atoms with Gasteiger partial charge in [0.25, 0.3) is 0 Å². The molecule has 2 N–H and O–H groups in total. The maximum atomic E-state index is 12.1. The number of benzene rings is 2. The number of fused-ring (bicyclic) bond motifs is 2. The second-order valence-corrected chi connectivity index (χ2v) is 12.7. The number of hydrogen-bond donors (Lipinski definition) is 2. The SMILES string of the molecule is C#N.CC1(O)CC2CN(C(=O)OCc3ccccc3)CC2C1.CC1(O)CC2CN(C(=O)OCc3ccccc3)CC2C1. The van der Waals surface area contributed by atoms with E-state index in [-0.39, 0.29) is 12.2 Å². The van der Waals surface area contributed by atoms with Gasteiger partial charge in [-0.2, -0.15) is 0 Å². The van der Waals surface area contributed by atoms with Crippen molar-refractivity contribution in [3.8, 4) is 6.57 Å². The molecule has 4 atom stereocenters. The zero-order valence-electron chi connectivity index (χ0n) is 24.6. The van der Waals surface area contributed by atoms with Crippen molar-refractivity contribution in [2.45, 2.75) is 63.9 Å². The Kier molecular flexibility index (Phi) is 10.1. The second kappa shape index (κ2) is 13.6. The zero-order valence-corrected chi connectivity index (χ0v) is 24.6. The Morgan fingerprint density at radius 2 is 0.976 bits per heavy atom. The molecule has 2 saturated heterocycles. The summed E-state index contributed by atoms with van der Waals surface area (Å²) in [6, 6.07) is 19.4. The van der Waals surface area contributed by atoms with Crippen LogP contribution in [0.25, 0.3) is 0 Å². The van der Waals surface area contributed by atoms with Gasteiger partial charge < -0.3 is 29.5 Å². The summed E-state index contributed by atoms with van der Waals surface area (Å²) in [6.45, 7) is 10.8. The minimum atomic E-state index is -0.546. The van der Waals surface area contributed by atoms with Gasteiger partial charge >= 0.3 is 12.2 Å². The van der Waals surface area contributed by atoms with Crippen LogP contribution in [0.5, 0.6) is 0 Å². The van der Waals surface area contributed by atoms with Crippen LogP contribution in [0.3, 0.4) is 0 Å². The molecule has 2 aliphatic heterocycles. The fraction of sp³-hybridized carbons (Fsp3) is 0.545. The van der Waals surface area contributed by atoms with Gasteiger partial charge in [0, 0.05) is 32.8 Å². The molecule has 2 aromatic carbocycles. The highest BCUT2D eigenvalue weighted by atomic mass is 16.6. The molecular formula is C33H43N3O6. The average Bonchev–Trinajstić information content (AvgIpc) is 3.69. The predicted octanol–water partition coefficient (Wildman–Crippen LogP) is 4.97. The number of aliphatic hydroxyl groups is 2. The summed E-state index contributed by atoms with van der Waals surface area (Å²) < 4.78 is 10.7. The number of amides is 2. The third kappa shape index (κ3) is 8.24. The van der Waals surface area contributed by atoms with Gasteiger partial charge in [-0.25, -0.2) is 14.9 Å². The first-order chi connectivity index (χ1) is 20.1. The Balaban J connectivity index is 0.000000182. The van der Waals surface area contributed by atoms with Crippen LogP contribution < -0.4 is 0 Å². The van der Waals surface area contributed by atoms with Gasteiger partial charge in [0.15, 0.2) is 0 Å². The minimum Gasteiger partial charge on any atom is -0.445 e. The highest BCUT2D eigenvalue weighted by Crippen LogP contribution is 2.44. The highest BCUT2D eigenvalue weighted by Gasteiger charge is 2.48. The molecule has 9 heteroatoms. The number of carbonyl (C=O) groups excluding carboxylic acids is 2. The lowest BCUT2D eigenvalue weighted by Crippen LogP contribution is -2.32. The molecule has 9 nitrogen and oxygen atoms in total. The lowest BCUT2D eigenvalue weighted by atomic mass is 10.0. The summed E-state index contributed by atoms with van der Waals surface area (Å²) in [6.07, 6.45) is 2.70. The van der Waals surface area contributed by atoms with E-state index in [1.54, 1.807) is 9.80 Å². The summed E-state index contributed by atoms with van der Waals surface area (Å²) in [5.41, 5.74) is 0.913. The molecular weight excluding hydrogens is 534 g/mol. The van der Waals surface area contributed by atoms with E-state index in [0.29, 0.717) is 63.1 Å². The van der Waals surface area contributed by atoms with E-state index in [9.17, 15) is 19.8 Å². The normalized spacial score (nSPS) is 30.7. The molecule has 2 aromatic rings. The van der Waals surface area contributed by atoms with E-state index in [1.807, 2.05) is 74.5 Å². The van der Waals surface area contributed by atoms with Crippen molar-refractivity contribution >= 4 is 12.2 Å². The van der Waals surface area contributed by atoms with E-state index in [4.69, 9.17) is 14.7 Å². The minimum absolute atomic E-state index is 0.233. The molecule has 4 fully saturated rings. The topological polar surface area (TPSA) is 123 Å². The van der Waals surface area contributed by atoms with Crippen LogP contribution in [0, 0.1) is 35.5 Å². The first kappa shape index (κ1) is 31.3. The van der Waals surface area contributed by atoms with Gasteiger partial charge in [0.05, 0.1) is 11.2 Å². The molecule has 2 aliphatic carbocycles. The lowest BCUT2D eigenvalue weighted by Gasteiger charge is -2.21. The summed E-state index contributed by atoms with van der Waals surface area (Å²) in [4.78, 5) is 27.7. The van der Waals surface area contributed by atoms with Gasteiger partial charge in [-0.1, -0.05) is 60.7 Å². The van der Waals surface area contributed by atoms with Gasteiger partial charge in [-0.15, -0.1) is 0 Å². The summed E-state index contributed by atoms with van der Waals surface area (Å²) in [5.74, 6) is 1.70. The quantitative estimate of drug-likeness (QED) is 0.526. The number of nitrogens with zero attached hydrogens (tertiary/aromatic N) is 3. The molecule has 0 bridgehead atoms. The molecule has 4 aliphatic rings. The summed E-state index contributed by atoms with van der Waals surface area (Å²) >= 11 is 0. The van der Waals surface area contributed by atoms with Crippen molar-refractivity contribution in [1.29, 1.82) is 5.26 Å². The molecule has 2 amide bonds. The molecule has 6 rings (SSSR count).